The highest BCUT2D eigenvalue weighted by molar-refractivity contribution is 6.32. The lowest BCUT2D eigenvalue weighted by atomic mass is 10.1. The summed E-state index contributed by atoms with van der Waals surface area (Å²) in [6, 6.07) is 16.3. The van der Waals surface area contributed by atoms with Crippen LogP contribution >= 0.6 is 11.6 Å². The van der Waals surface area contributed by atoms with Gasteiger partial charge in [0.1, 0.15) is 0 Å². The summed E-state index contributed by atoms with van der Waals surface area (Å²) in [5, 5.41) is 17.9. The van der Waals surface area contributed by atoms with E-state index in [1.807, 2.05) is 86.7 Å². The predicted octanol–water partition coefficient (Wildman–Crippen LogP) is 6.61. The summed E-state index contributed by atoms with van der Waals surface area (Å²) in [6.07, 6.45) is 12.0. The van der Waals surface area contributed by atoms with Crippen molar-refractivity contribution in [2.45, 2.75) is 39.7 Å². The van der Waals surface area contributed by atoms with Crippen molar-refractivity contribution in [3.05, 3.63) is 112 Å². The molecule has 0 unspecified atom stereocenters. The second-order valence-corrected chi connectivity index (χ2v) is 8.70. The zero-order chi connectivity index (χ0) is 25.2. The summed E-state index contributed by atoms with van der Waals surface area (Å²) in [4.78, 5) is 13.1. The van der Waals surface area contributed by atoms with Crippen molar-refractivity contribution >= 4 is 23.6 Å². The molecule has 0 fully saturated rings. The standard InChI is InChI=1S/C29H32ClN3O2/c1-4-6-11-22(10-5-2)15-16-24-19-26(32-33(24)28-17-14-21(3)18-25(28)30)29(35)31-27(20-34)23-12-8-7-9-13-23/h4,6-9,11-19,27,34H,5,10,20H2,1-3H3,(H,31,35)/b6-4-,16-15+,22-11+/t27-/m1/s1. The van der Waals surface area contributed by atoms with E-state index in [0.717, 1.165) is 29.7 Å². The van der Waals surface area contributed by atoms with E-state index in [-0.39, 0.29) is 18.2 Å². The van der Waals surface area contributed by atoms with Crippen molar-refractivity contribution in [2.75, 3.05) is 6.61 Å². The Kier molecular flexibility index (Phi) is 9.65. The molecule has 0 radical (unpaired) electrons. The third-order valence-corrected chi connectivity index (χ3v) is 5.80. The zero-order valence-corrected chi connectivity index (χ0v) is 21.2. The van der Waals surface area contributed by atoms with E-state index in [0.29, 0.717) is 10.7 Å². The summed E-state index contributed by atoms with van der Waals surface area (Å²) in [7, 11) is 0. The number of hydrogen-bond donors (Lipinski definition) is 2. The van der Waals surface area contributed by atoms with Crippen LogP contribution in [0.1, 0.15) is 60.0 Å². The van der Waals surface area contributed by atoms with Crippen molar-refractivity contribution in [3.63, 3.8) is 0 Å². The Morgan fingerprint density at radius 3 is 2.63 bits per heavy atom. The predicted molar refractivity (Wildman–Crippen MR) is 144 cm³/mol. The van der Waals surface area contributed by atoms with Crippen LogP contribution in [0, 0.1) is 6.92 Å². The van der Waals surface area contributed by atoms with Crippen molar-refractivity contribution in [3.8, 4) is 5.69 Å². The monoisotopic (exact) mass is 489 g/mol. The number of aromatic nitrogens is 2. The van der Waals surface area contributed by atoms with Gasteiger partial charge in [-0.2, -0.15) is 5.10 Å². The molecule has 3 rings (SSSR count). The SMILES string of the molecule is C\C=C/C=C(/C=C/c1cc(C(=O)N[C@H](CO)c2ccccc2)nn1-c1ccc(C)cc1Cl)CCC. The van der Waals surface area contributed by atoms with Crippen LogP contribution in [-0.4, -0.2) is 27.4 Å². The molecule has 0 spiro atoms. The van der Waals surface area contributed by atoms with Gasteiger partial charge < -0.3 is 10.4 Å². The lowest BCUT2D eigenvalue weighted by Gasteiger charge is -2.15. The van der Waals surface area contributed by atoms with Gasteiger partial charge in [-0.15, -0.1) is 0 Å². The van der Waals surface area contributed by atoms with Gasteiger partial charge in [-0.25, -0.2) is 4.68 Å². The average Bonchev–Trinajstić information content (AvgIpc) is 3.28. The van der Waals surface area contributed by atoms with Crippen LogP contribution in [0.3, 0.4) is 0 Å². The summed E-state index contributed by atoms with van der Waals surface area (Å²) < 4.78 is 1.68. The summed E-state index contributed by atoms with van der Waals surface area (Å²) in [5.41, 5.74) is 4.68. The first kappa shape index (κ1) is 26.2. The fourth-order valence-electron chi connectivity index (χ4n) is 3.68. The molecule has 0 aliphatic heterocycles. The molecular formula is C29H32ClN3O2. The number of halogens is 1. The molecule has 182 valence electrons. The fraction of sp³-hybridized carbons (Fsp3) is 0.241. The molecule has 2 aromatic carbocycles. The number of aliphatic hydroxyl groups is 1. The van der Waals surface area contributed by atoms with E-state index in [2.05, 4.69) is 23.4 Å². The molecule has 3 aromatic rings. The highest BCUT2D eigenvalue weighted by Gasteiger charge is 2.19. The number of carbonyl (C=O) groups excluding carboxylic acids is 1. The maximum atomic E-state index is 13.1. The quantitative estimate of drug-likeness (QED) is 0.315. The van der Waals surface area contributed by atoms with E-state index in [1.54, 1.807) is 10.7 Å². The Labute approximate surface area is 212 Å². The normalized spacial score (nSPS) is 13.0. The summed E-state index contributed by atoms with van der Waals surface area (Å²) >= 11 is 6.55. The van der Waals surface area contributed by atoms with Gasteiger partial charge in [0.25, 0.3) is 5.91 Å². The van der Waals surface area contributed by atoms with Crippen molar-refractivity contribution in [1.82, 2.24) is 15.1 Å². The van der Waals surface area contributed by atoms with Crippen LogP contribution in [-0.2, 0) is 0 Å². The van der Waals surface area contributed by atoms with E-state index < -0.39 is 6.04 Å². The molecule has 1 aromatic heterocycles. The second-order valence-electron chi connectivity index (χ2n) is 8.29. The van der Waals surface area contributed by atoms with Crippen molar-refractivity contribution in [2.24, 2.45) is 0 Å². The largest absolute Gasteiger partial charge is 0.394 e. The maximum absolute atomic E-state index is 13.1. The molecule has 6 heteroatoms. The van der Waals surface area contributed by atoms with Crippen LogP contribution in [0.4, 0.5) is 0 Å². The number of amides is 1. The molecule has 35 heavy (non-hydrogen) atoms. The van der Waals surface area contributed by atoms with Crippen LogP contribution in [0.25, 0.3) is 11.8 Å². The third kappa shape index (κ3) is 7.04. The van der Waals surface area contributed by atoms with Gasteiger partial charge in [-0.1, -0.05) is 85.6 Å². The molecule has 1 amide bonds. The lowest BCUT2D eigenvalue weighted by molar-refractivity contribution is 0.0910. The van der Waals surface area contributed by atoms with Crippen LogP contribution in [0.5, 0.6) is 0 Å². The van der Waals surface area contributed by atoms with Gasteiger partial charge in [0.05, 0.1) is 29.1 Å². The van der Waals surface area contributed by atoms with Gasteiger partial charge in [-0.05, 0) is 61.2 Å². The number of nitrogens with zero attached hydrogens (tertiary/aromatic N) is 2. The van der Waals surface area contributed by atoms with Gasteiger partial charge in [0.15, 0.2) is 5.69 Å². The number of aryl methyl sites for hydroxylation is 1. The minimum absolute atomic E-state index is 0.219. The van der Waals surface area contributed by atoms with Crippen LogP contribution in [0.2, 0.25) is 5.02 Å². The van der Waals surface area contributed by atoms with Gasteiger partial charge in [-0.3, -0.25) is 4.79 Å². The summed E-state index contributed by atoms with van der Waals surface area (Å²) in [5.74, 6) is -0.372. The maximum Gasteiger partial charge on any atom is 0.272 e. The molecule has 0 saturated heterocycles. The molecular weight excluding hydrogens is 458 g/mol. The molecule has 0 aliphatic rings. The van der Waals surface area contributed by atoms with E-state index >= 15 is 0 Å². The number of carbonyl (C=O) groups is 1. The third-order valence-electron chi connectivity index (χ3n) is 5.50. The number of aliphatic hydroxyl groups excluding tert-OH is 1. The smallest absolute Gasteiger partial charge is 0.272 e. The number of rotatable bonds is 10. The van der Waals surface area contributed by atoms with Gasteiger partial charge in [0, 0.05) is 0 Å². The highest BCUT2D eigenvalue weighted by Crippen LogP contribution is 2.25. The van der Waals surface area contributed by atoms with Crippen molar-refractivity contribution < 1.29 is 9.90 Å². The van der Waals surface area contributed by atoms with E-state index in [1.165, 1.54) is 5.57 Å². The Morgan fingerprint density at radius 2 is 1.97 bits per heavy atom. The Balaban J connectivity index is 1.99. The molecule has 0 aliphatic carbocycles. The molecule has 0 bridgehead atoms. The average molecular weight is 490 g/mol. The zero-order valence-electron chi connectivity index (χ0n) is 20.4. The number of nitrogens with one attached hydrogen (secondary N) is 1. The van der Waals surface area contributed by atoms with Crippen LogP contribution in [0.15, 0.2) is 84.5 Å². The fourth-order valence-corrected chi connectivity index (χ4v) is 3.99. The Bertz CT molecular complexity index is 1230. The topological polar surface area (TPSA) is 67.2 Å². The number of allylic oxidation sites excluding steroid dienone is 5. The Hall–Kier alpha value is -3.41. The lowest BCUT2D eigenvalue weighted by Crippen LogP contribution is -2.31. The number of benzene rings is 2. The minimum Gasteiger partial charge on any atom is -0.394 e. The van der Waals surface area contributed by atoms with Gasteiger partial charge in [0.2, 0.25) is 0 Å². The van der Waals surface area contributed by atoms with Crippen LogP contribution < -0.4 is 5.32 Å². The molecule has 5 nitrogen and oxygen atoms in total. The molecule has 0 saturated carbocycles. The Morgan fingerprint density at radius 1 is 1.20 bits per heavy atom. The second kappa shape index (κ2) is 12.9. The van der Waals surface area contributed by atoms with Gasteiger partial charge >= 0.3 is 0 Å². The first-order chi connectivity index (χ1) is 17.0. The molecule has 1 heterocycles. The first-order valence-electron chi connectivity index (χ1n) is 11.8. The van der Waals surface area contributed by atoms with Crippen molar-refractivity contribution in [1.29, 1.82) is 0 Å². The minimum atomic E-state index is -0.532. The molecule has 2 N–H and O–H groups in total. The first-order valence-corrected chi connectivity index (χ1v) is 12.2. The molecule has 1 atom stereocenters. The number of hydrogen-bond acceptors (Lipinski definition) is 3. The van der Waals surface area contributed by atoms with E-state index in [4.69, 9.17) is 11.6 Å². The van der Waals surface area contributed by atoms with E-state index in [9.17, 15) is 9.90 Å². The highest BCUT2D eigenvalue weighted by atomic mass is 35.5. The summed E-state index contributed by atoms with van der Waals surface area (Å²) in [6.45, 7) is 5.88.